The number of fused-ring (bicyclic) bond motifs is 4. The van der Waals surface area contributed by atoms with Crippen molar-refractivity contribution in [2.45, 2.75) is 93.8 Å². The van der Waals surface area contributed by atoms with Gasteiger partial charge in [-0.25, -0.2) is 59.0 Å². The van der Waals surface area contributed by atoms with Crippen LogP contribution in [0.15, 0.2) is 177 Å². The molecule has 4 aliphatic heterocycles. The Morgan fingerprint density at radius 3 is 1.49 bits per heavy atom. The Kier molecular flexibility index (Phi) is 17.5. The smallest absolute Gasteiger partial charge is 0.341 e. The minimum absolute atomic E-state index is 0.00309. The number of para-hydroxylation sites is 2. The van der Waals surface area contributed by atoms with Crippen LogP contribution in [0.2, 0.25) is 0 Å². The van der Waals surface area contributed by atoms with Gasteiger partial charge in [0, 0.05) is 35.2 Å². The fourth-order valence-electron chi connectivity index (χ4n) is 12.2. The van der Waals surface area contributed by atoms with E-state index in [-0.39, 0.29) is 53.7 Å². The number of rotatable bonds is 17. The third-order valence-electron chi connectivity index (χ3n) is 16.6. The zero-order chi connectivity index (χ0) is 64.1. The second-order valence-corrected chi connectivity index (χ2v) is 22.6. The highest BCUT2D eigenvalue weighted by atomic mass is 16.8. The molecule has 6 aromatic heterocycles. The minimum Gasteiger partial charge on any atom is -0.477 e. The van der Waals surface area contributed by atoms with E-state index in [9.17, 15) is 29.4 Å². The summed E-state index contributed by atoms with van der Waals surface area (Å²) < 4.78 is 54.3. The number of pyridine rings is 2. The Hall–Kier alpha value is -10.9. The molecule has 28 heteroatoms. The molecule has 10 unspecified atom stereocenters. The van der Waals surface area contributed by atoms with E-state index in [1.165, 1.54) is 55.7 Å². The fraction of sp³-hybridized carbons (Fsp3) is 0.273. The Morgan fingerprint density at radius 1 is 0.479 bits per heavy atom. The van der Waals surface area contributed by atoms with Crippen LogP contribution in [-0.2, 0) is 28.4 Å². The van der Waals surface area contributed by atoms with Crippen LogP contribution in [0.1, 0.15) is 77.1 Å². The van der Waals surface area contributed by atoms with Gasteiger partial charge in [0.1, 0.15) is 73.6 Å². The number of nitrogens with one attached hydrogen (secondary N) is 4. The highest BCUT2D eigenvalue weighted by molar-refractivity contribution is 6.04. The molecule has 5 fully saturated rings. The number of anilines is 4. The van der Waals surface area contributed by atoms with Crippen molar-refractivity contribution >= 4 is 69.3 Å². The van der Waals surface area contributed by atoms with Gasteiger partial charge in [-0.05, 0) is 78.6 Å². The highest BCUT2D eigenvalue weighted by Gasteiger charge is 2.56. The van der Waals surface area contributed by atoms with E-state index < -0.39 is 85.7 Å². The molecule has 4 saturated heterocycles. The number of ether oxygens (including phenoxy) is 8. The van der Waals surface area contributed by atoms with Crippen LogP contribution < -0.4 is 30.7 Å². The third kappa shape index (κ3) is 12.9. The number of hydrogen-bond donors (Lipinski definition) is 6. The van der Waals surface area contributed by atoms with Crippen LogP contribution in [0.25, 0.3) is 33.5 Å². The standard InChI is InChI=1S/C36H29N7O7.C30H31N7O7/c44-34(45)25-15-8-16-37-32(25)47-18-26-28-29(50-35(49-28)23-12-7-11-22(17-23)21-9-3-1-4-10-21)33(48-26)43-20-40-27-30(38-19-39-31(27)43)42-36(46)41-24-13-5-2-6-14-24;38-28(39)19-12-7-13-31-26(19)41-14-20-22-23(44-29(43-22)17-8-3-1-4-9-17)27(42-20)37-16-34-21-24(32-15-33-25(21)37)36-30(40)35-18-10-5-2-6-11-18/h1-17,19-20,26,28-29,33,35H,18H2,(H,44,45)(H2,38,39,41,42,46);2,5-7,10-13,15-17,20,22-23,27,29H,1,3-4,8-9,14H2,(H,38,39)(H2,32,33,35,36,40). The molecule has 1 aliphatic carbocycles. The summed E-state index contributed by atoms with van der Waals surface area (Å²) in [4.78, 5) is 83.6. The van der Waals surface area contributed by atoms with Crippen LogP contribution >= 0.6 is 0 Å². The molecular weight excluding hydrogens is 1210 g/mol. The second-order valence-electron chi connectivity index (χ2n) is 22.6. The second kappa shape index (κ2) is 27.1. The van der Waals surface area contributed by atoms with E-state index in [2.05, 4.69) is 61.1 Å². The summed E-state index contributed by atoms with van der Waals surface area (Å²) in [5.74, 6) is -1.64. The molecule has 94 heavy (non-hydrogen) atoms. The maximum absolute atomic E-state index is 12.8. The van der Waals surface area contributed by atoms with Crippen molar-refractivity contribution in [1.82, 2.24) is 49.0 Å². The molecule has 0 bridgehead atoms. The number of carboxylic acids is 2. The summed E-state index contributed by atoms with van der Waals surface area (Å²) >= 11 is 0. The SMILES string of the molecule is O=C(Nc1ccccc1)Nc1ncnc2c1ncn2C1OC(COc2ncccc2C(=O)O)C2OC(C3CCCCC3)OC21.O=C(Nc1ccccc1)Nc1ncnc2c1ncn2C1OC(COc2ncccc2C(=O)O)C2OC(c3cccc(-c4ccccc4)c3)OC21. The van der Waals surface area contributed by atoms with Gasteiger partial charge in [0.25, 0.3) is 0 Å². The van der Waals surface area contributed by atoms with Gasteiger partial charge >= 0.3 is 24.0 Å². The first-order chi connectivity index (χ1) is 46.1. The number of aromatic carboxylic acids is 2. The number of carbonyl (C=O) groups excluding carboxylic acids is 2. The van der Waals surface area contributed by atoms with Gasteiger partial charge in [0.15, 0.2) is 59.0 Å². The van der Waals surface area contributed by atoms with Gasteiger partial charge in [-0.2, -0.15) is 0 Å². The highest BCUT2D eigenvalue weighted by Crippen LogP contribution is 2.47. The largest absolute Gasteiger partial charge is 0.477 e. The first-order valence-corrected chi connectivity index (χ1v) is 30.4. The number of urea groups is 2. The van der Waals surface area contributed by atoms with E-state index in [0.717, 1.165) is 42.4 Å². The summed E-state index contributed by atoms with van der Waals surface area (Å²) in [6.45, 7) is -0.0903. The normalized spacial score (nSPS) is 22.9. The number of carboxylic acid groups (broad SMARTS) is 2. The van der Waals surface area contributed by atoms with E-state index >= 15 is 0 Å². The molecule has 0 spiro atoms. The molecule has 4 aromatic carbocycles. The molecule has 10 heterocycles. The Balaban J connectivity index is 0.000000164. The van der Waals surface area contributed by atoms with Crippen molar-refractivity contribution in [3.8, 4) is 22.9 Å². The molecule has 478 valence electrons. The number of aromatic nitrogens is 10. The van der Waals surface area contributed by atoms with Crippen molar-refractivity contribution in [3.63, 3.8) is 0 Å². The number of imidazole rings is 2. The zero-order valence-corrected chi connectivity index (χ0v) is 49.8. The number of benzene rings is 4. The summed E-state index contributed by atoms with van der Waals surface area (Å²) in [7, 11) is 0. The Bertz CT molecular complexity index is 4360. The molecule has 5 aliphatic rings. The summed E-state index contributed by atoms with van der Waals surface area (Å²) in [6.07, 6.45) is 8.02. The maximum atomic E-state index is 12.8. The molecular formula is C66H60N14O14. The predicted octanol–water partition coefficient (Wildman–Crippen LogP) is 9.92. The quantitative estimate of drug-likeness (QED) is 0.0493. The predicted molar refractivity (Wildman–Crippen MR) is 334 cm³/mol. The maximum Gasteiger partial charge on any atom is 0.341 e. The van der Waals surface area contributed by atoms with E-state index in [1.807, 2.05) is 91.0 Å². The van der Waals surface area contributed by atoms with Gasteiger partial charge in [-0.3, -0.25) is 19.8 Å². The van der Waals surface area contributed by atoms with E-state index in [4.69, 9.17) is 37.9 Å². The minimum atomic E-state index is -1.17. The summed E-state index contributed by atoms with van der Waals surface area (Å²) in [5.41, 5.74) is 5.52. The molecule has 28 nitrogen and oxygen atoms in total. The third-order valence-corrected chi connectivity index (χ3v) is 16.6. The molecule has 15 rings (SSSR count). The molecule has 1 saturated carbocycles. The van der Waals surface area contributed by atoms with Crippen LogP contribution in [0.3, 0.4) is 0 Å². The van der Waals surface area contributed by atoms with Crippen molar-refractivity contribution < 1.29 is 67.3 Å². The number of nitrogens with zero attached hydrogens (tertiary/aromatic N) is 10. The molecule has 0 radical (unpaired) electrons. The number of carbonyl (C=O) groups is 4. The van der Waals surface area contributed by atoms with Gasteiger partial charge in [0.2, 0.25) is 11.8 Å². The lowest BCUT2D eigenvalue weighted by atomic mass is 9.89. The van der Waals surface area contributed by atoms with Gasteiger partial charge < -0.3 is 58.7 Å². The fourth-order valence-corrected chi connectivity index (χ4v) is 12.2. The first kappa shape index (κ1) is 60.7. The van der Waals surface area contributed by atoms with Crippen molar-refractivity contribution in [2.24, 2.45) is 5.92 Å². The van der Waals surface area contributed by atoms with Crippen LogP contribution in [-0.4, -0.2) is 139 Å². The average Bonchev–Trinajstić information content (AvgIpc) is 1.61. The lowest BCUT2D eigenvalue weighted by Crippen LogP contribution is -2.34. The summed E-state index contributed by atoms with van der Waals surface area (Å²) in [6, 6.07) is 40.9. The molecule has 6 N–H and O–H groups in total. The van der Waals surface area contributed by atoms with Crippen LogP contribution in [0, 0.1) is 5.92 Å². The Labute approximate surface area is 534 Å². The molecule has 10 atom stereocenters. The van der Waals surface area contributed by atoms with E-state index in [1.54, 1.807) is 46.1 Å². The lowest BCUT2D eigenvalue weighted by Gasteiger charge is -2.28. The molecule has 4 amide bonds. The Morgan fingerprint density at radius 2 is 0.957 bits per heavy atom. The van der Waals surface area contributed by atoms with Crippen LogP contribution in [0.5, 0.6) is 11.8 Å². The van der Waals surface area contributed by atoms with Crippen LogP contribution in [0.4, 0.5) is 32.6 Å². The van der Waals surface area contributed by atoms with Crippen molar-refractivity contribution in [3.05, 3.63) is 194 Å². The molecule has 10 aromatic rings. The topological polar surface area (TPSA) is 344 Å². The first-order valence-electron chi connectivity index (χ1n) is 30.4. The van der Waals surface area contributed by atoms with Crippen molar-refractivity contribution in [2.75, 3.05) is 34.5 Å². The number of amides is 4. The van der Waals surface area contributed by atoms with Gasteiger partial charge in [0.05, 0.1) is 12.7 Å². The van der Waals surface area contributed by atoms with E-state index in [0.29, 0.717) is 33.7 Å². The zero-order valence-electron chi connectivity index (χ0n) is 49.8. The lowest BCUT2D eigenvalue weighted by molar-refractivity contribution is -0.173. The van der Waals surface area contributed by atoms with Gasteiger partial charge in [-0.15, -0.1) is 0 Å². The number of hydrogen-bond acceptors (Lipinski definition) is 20. The average molecular weight is 1270 g/mol. The van der Waals surface area contributed by atoms with Gasteiger partial charge in [-0.1, -0.05) is 104 Å². The van der Waals surface area contributed by atoms with Crippen molar-refractivity contribution in [1.29, 1.82) is 0 Å². The summed E-state index contributed by atoms with van der Waals surface area (Å²) in [5, 5.41) is 30.2. The monoisotopic (exact) mass is 1270 g/mol.